The summed E-state index contributed by atoms with van der Waals surface area (Å²) >= 11 is 0. The third-order valence-electron chi connectivity index (χ3n) is 4.00. The zero-order chi connectivity index (χ0) is 22.3. The first-order chi connectivity index (χ1) is 14.2. The third-order valence-corrected chi connectivity index (χ3v) is 4.00. The number of rotatable bonds is 9. The number of carbonyl (C=O) groups excluding carboxylic acids is 1. The molecule has 1 N–H and O–H groups in total. The van der Waals surface area contributed by atoms with Crippen molar-refractivity contribution in [3.63, 3.8) is 0 Å². The maximum atomic E-state index is 13.3. The van der Waals surface area contributed by atoms with Crippen LogP contribution in [-0.2, 0) is 20.4 Å². The Morgan fingerprint density at radius 1 is 1.13 bits per heavy atom. The van der Waals surface area contributed by atoms with E-state index < -0.39 is 23.6 Å². The Balaban J connectivity index is 2.39. The molecule has 0 aliphatic rings. The number of pyridine rings is 1. The van der Waals surface area contributed by atoms with Crippen molar-refractivity contribution in [1.29, 1.82) is 0 Å². The second kappa shape index (κ2) is 10.3. The van der Waals surface area contributed by atoms with Gasteiger partial charge in [-0.05, 0) is 36.8 Å². The lowest BCUT2D eigenvalue weighted by atomic mass is 10.1. The monoisotopic (exact) mass is 428 g/mol. The van der Waals surface area contributed by atoms with Crippen LogP contribution in [0.5, 0.6) is 11.6 Å². The summed E-state index contributed by atoms with van der Waals surface area (Å²) in [6, 6.07) is 4.88. The fraction of sp³-hybridized carbons (Fsp3) is 0.400. The first-order valence-corrected chi connectivity index (χ1v) is 8.88. The molecule has 7 nitrogen and oxygen atoms in total. The number of hydrogen-bond donors (Lipinski definition) is 1. The molecule has 10 heteroatoms. The Morgan fingerprint density at radius 3 is 2.37 bits per heavy atom. The molecular formula is C20H23F3N2O5. The van der Waals surface area contributed by atoms with Gasteiger partial charge >= 0.3 is 12.1 Å². The lowest BCUT2D eigenvalue weighted by molar-refractivity contribution is -0.138. The summed E-state index contributed by atoms with van der Waals surface area (Å²) in [4.78, 5) is 16.0. The van der Waals surface area contributed by atoms with Gasteiger partial charge in [-0.3, -0.25) is 0 Å². The van der Waals surface area contributed by atoms with E-state index in [2.05, 4.69) is 10.3 Å². The van der Waals surface area contributed by atoms with Gasteiger partial charge in [0.05, 0.1) is 31.9 Å². The summed E-state index contributed by atoms with van der Waals surface area (Å²) in [6.07, 6.45) is -3.38. The minimum atomic E-state index is -4.64. The summed E-state index contributed by atoms with van der Waals surface area (Å²) in [5.41, 5.74) is -0.203. The Morgan fingerprint density at radius 2 is 1.80 bits per heavy atom. The van der Waals surface area contributed by atoms with Crippen LogP contribution in [0.1, 0.15) is 21.5 Å². The minimum absolute atomic E-state index is 0.00200. The van der Waals surface area contributed by atoms with Gasteiger partial charge in [0.2, 0.25) is 5.88 Å². The lowest BCUT2D eigenvalue weighted by Crippen LogP contribution is -2.30. The van der Waals surface area contributed by atoms with Gasteiger partial charge in [-0.15, -0.1) is 0 Å². The van der Waals surface area contributed by atoms with E-state index in [0.717, 1.165) is 6.07 Å². The number of methoxy groups -OCH3 is 3. The highest BCUT2D eigenvalue weighted by atomic mass is 19.4. The molecule has 0 spiro atoms. The number of esters is 1. The van der Waals surface area contributed by atoms with Crippen molar-refractivity contribution in [1.82, 2.24) is 4.98 Å². The zero-order valence-electron chi connectivity index (χ0n) is 17.0. The highest BCUT2D eigenvalue weighted by Gasteiger charge is 2.35. The zero-order valence-corrected chi connectivity index (χ0v) is 17.0. The Bertz CT molecular complexity index is 868. The number of anilines is 1. The number of nitrogens with one attached hydrogen (secondary N) is 1. The van der Waals surface area contributed by atoms with Crippen LogP contribution in [0.15, 0.2) is 30.5 Å². The molecule has 1 aromatic carbocycles. The molecule has 0 aliphatic carbocycles. The average molecular weight is 428 g/mol. The number of carbonyl (C=O) groups is 1. The van der Waals surface area contributed by atoms with Crippen molar-refractivity contribution in [2.45, 2.75) is 19.1 Å². The molecule has 0 bridgehead atoms. The molecule has 1 heterocycles. The summed E-state index contributed by atoms with van der Waals surface area (Å²) in [5, 5.41) is 3.10. The fourth-order valence-corrected chi connectivity index (χ4v) is 2.70. The first-order valence-electron chi connectivity index (χ1n) is 8.88. The highest BCUT2D eigenvalue weighted by molar-refractivity contribution is 5.96. The van der Waals surface area contributed by atoms with Crippen LogP contribution >= 0.6 is 0 Å². The maximum absolute atomic E-state index is 13.3. The molecule has 1 aromatic heterocycles. The van der Waals surface area contributed by atoms with Crippen molar-refractivity contribution in [2.24, 2.45) is 0 Å². The van der Waals surface area contributed by atoms with E-state index in [4.69, 9.17) is 18.9 Å². The number of aromatic nitrogens is 1. The van der Waals surface area contributed by atoms with Crippen LogP contribution < -0.4 is 10.1 Å². The number of hydrogen-bond acceptors (Lipinski definition) is 7. The summed E-state index contributed by atoms with van der Waals surface area (Å²) < 4.78 is 60.3. The number of nitrogens with zero attached hydrogens (tertiary/aromatic N) is 1. The van der Waals surface area contributed by atoms with Gasteiger partial charge in [0.1, 0.15) is 11.3 Å². The highest BCUT2D eigenvalue weighted by Crippen LogP contribution is 2.37. The molecule has 2 rings (SSSR count). The molecule has 0 amide bonds. The predicted molar refractivity (Wildman–Crippen MR) is 103 cm³/mol. The van der Waals surface area contributed by atoms with E-state index in [1.165, 1.54) is 52.6 Å². The van der Waals surface area contributed by atoms with E-state index in [0.29, 0.717) is 24.5 Å². The van der Waals surface area contributed by atoms with Crippen LogP contribution in [0.3, 0.4) is 0 Å². The molecule has 0 atom stereocenters. The standard InChI is InChI=1S/C20H23F3N2O5/c1-12-7-16(20(21,22)23)18(24-9-12)30-14-5-6-17(15(8-14)19(26)29-4)25-13(10-27-2)11-28-3/h5-9,13,25H,10-11H2,1-4H3. The van der Waals surface area contributed by atoms with Crippen molar-refractivity contribution in [3.05, 3.63) is 47.2 Å². The normalized spacial score (nSPS) is 11.5. The Labute approximate surface area is 172 Å². The summed E-state index contributed by atoms with van der Waals surface area (Å²) in [7, 11) is 4.25. The SMILES string of the molecule is COCC(COC)Nc1ccc(Oc2ncc(C)cc2C(F)(F)F)cc1C(=O)OC. The molecule has 0 aliphatic heterocycles. The van der Waals surface area contributed by atoms with Gasteiger partial charge < -0.3 is 24.3 Å². The molecule has 0 radical (unpaired) electrons. The van der Waals surface area contributed by atoms with Gasteiger partial charge in [0.25, 0.3) is 0 Å². The maximum Gasteiger partial charge on any atom is 0.421 e. The van der Waals surface area contributed by atoms with Gasteiger partial charge in [0, 0.05) is 26.1 Å². The molecule has 164 valence electrons. The molecule has 0 fully saturated rings. The van der Waals surface area contributed by atoms with Crippen LogP contribution in [0, 0.1) is 6.92 Å². The summed E-state index contributed by atoms with van der Waals surface area (Å²) in [5.74, 6) is -1.30. The average Bonchev–Trinajstić information content (AvgIpc) is 2.69. The van der Waals surface area contributed by atoms with E-state index in [-0.39, 0.29) is 17.4 Å². The second-order valence-electron chi connectivity index (χ2n) is 6.42. The number of aryl methyl sites for hydroxylation is 1. The van der Waals surface area contributed by atoms with Crippen molar-refractivity contribution >= 4 is 11.7 Å². The van der Waals surface area contributed by atoms with Crippen LogP contribution in [0.2, 0.25) is 0 Å². The van der Waals surface area contributed by atoms with Crippen molar-refractivity contribution < 1.29 is 36.9 Å². The Kier molecular flexibility index (Phi) is 8.01. The second-order valence-corrected chi connectivity index (χ2v) is 6.42. The smallest absolute Gasteiger partial charge is 0.421 e. The van der Waals surface area contributed by atoms with Crippen LogP contribution in [0.25, 0.3) is 0 Å². The van der Waals surface area contributed by atoms with Gasteiger partial charge in [-0.1, -0.05) is 0 Å². The summed E-state index contributed by atoms with van der Waals surface area (Å²) in [6.45, 7) is 2.10. The minimum Gasteiger partial charge on any atom is -0.465 e. The van der Waals surface area contributed by atoms with Crippen molar-refractivity contribution in [2.75, 3.05) is 39.9 Å². The number of benzene rings is 1. The van der Waals surface area contributed by atoms with E-state index >= 15 is 0 Å². The predicted octanol–water partition coefficient (Wildman–Crippen LogP) is 4.06. The Hall–Kier alpha value is -2.85. The molecule has 0 saturated heterocycles. The topological polar surface area (TPSA) is 78.9 Å². The van der Waals surface area contributed by atoms with Crippen molar-refractivity contribution in [3.8, 4) is 11.6 Å². The molecule has 0 unspecified atom stereocenters. The van der Waals surface area contributed by atoms with Gasteiger partial charge in [0.15, 0.2) is 0 Å². The first kappa shape index (κ1) is 23.4. The molecule has 2 aromatic rings. The molecule has 0 saturated carbocycles. The third kappa shape index (κ3) is 6.07. The number of ether oxygens (including phenoxy) is 4. The van der Waals surface area contributed by atoms with E-state index in [1.54, 1.807) is 0 Å². The van der Waals surface area contributed by atoms with E-state index in [1.807, 2.05) is 0 Å². The van der Waals surface area contributed by atoms with E-state index in [9.17, 15) is 18.0 Å². The lowest BCUT2D eigenvalue weighted by Gasteiger charge is -2.20. The number of halogens is 3. The van der Waals surface area contributed by atoms with Gasteiger partial charge in [-0.25, -0.2) is 9.78 Å². The largest absolute Gasteiger partial charge is 0.465 e. The quantitative estimate of drug-likeness (QED) is 0.604. The van der Waals surface area contributed by atoms with Crippen LogP contribution in [-0.4, -0.2) is 51.5 Å². The van der Waals surface area contributed by atoms with Crippen LogP contribution in [0.4, 0.5) is 18.9 Å². The fourth-order valence-electron chi connectivity index (χ4n) is 2.70. The number of alkyl halides is 3. The van der Waals surface area contributed by atoms with Gasteiger partial charge in [-0.2, -0.15) is 13.2 Å². The molecular weight excluding hydrogens is 405 g/mol. The molecule has 30 heavy (non-hydrogen) atoms.